The largest absolute Gasteiger partial charge is 0.487 e. The number of halogens is 3. The van der Waals surface area contributed by atoms with Gasteiger partial charge in [0, 0.05) is 11.8 Å². The van der Waals surface area contributed by atoms with E-state index in [1.54, 1.807) is 6.92 Å². The van der Waals surface area contributed by atoms with E-state index in [0.29, 0.717) is 19.3 Å². The minimum absolute atomic E-state index is 0.199. The van der Waals surface area contributed by atoms with Gasteiger partial charge in [-0.05, 0) is 57.2 Å². The van der Waals surface area contributed by atoms with Crippen LogP contribution in [-0.2, 0) is 40.1 Å². The molecule has 4 aliphatic rings. The van der Waals surface area contributed by atoms with Crippen molar-refractivity contribution in [2.75, 3.05) is 12.4 Å². The van der Waals surface area contributed by atoms with E-state index in [1.165, 1.54) is 0 Å². The predicted octanol–water partition coefficient (Wildman–Crippen LogP) is 3.18. The van der Waals surface area contributed by atoms with Crippen LogP contribution in [0.4, 0.5) is 13.2 Å². The van der Waals surface area contributed by atoms with Gasteiger partial charge in [-0.2, -0.15) is 21.6 Å². The lowest BCUT2D eigenvalue weighted by atomic mass is 9.78. The summed E-state index contributed by atoms with van der Waals surface area (Å²) in [5.74, 6) is -6.85. The van der Waals surface area contributed by atoms with Crippen LogP contribution in [0, 0.1) is 23.7 Å². The smallest absolute Gasteiger partial charge is 0.419 e. The molecular formula is C25H27F3O10S. The van der Waals surface area contributed by atoms with Gasteiger partial charge in [0.2, 0.25) is 0 Å². The molecule has 1 aliphatic heterocycles. The maximum absolute atomic E-state index is 13.7. The van der Waals surface area contributed by atoms with Crippen molar-refractivity contribution in [3.05, 3.63) is 29.3 Å². The molecule has 5 rings (SSSR count). The Balaban J connectivity index is 1.35. The van der Waals surface area contributed by atoms with Crippen molar-refractivity contribution in [1.29, 1.82) is 0 Å². The second-order valence-corrected chi connectivity index (χ2v) is 12.4. The lowest BCUT2D eigenvalue weighted by Gasteiger charge is -2.30. The Morgan fingerprint density at radius 2 is 1.87 bits per heavy atom. The van der Waals surface area contributed by atoms with E-state index in [-0.39, 0.29) is 5.56 Å². The number of alkyl halides is 3. The molecular weight excluding hydrogens is 549 g/mol. The number of carbonyl (C=O) groups is 3. The van der Waals surface area contributed by atoms with Gasteiger partial charge in [-0.1, -0.05) is 0 Å². The van der Waals surface area contributed by atoms with Crippen molar-refractivity contribution in [2.45, 2.75) is 63.0 Å². The van der Waals surface area contributed by atoms with Gasteiger partial charge in [0.25, 0.3) is 10.1 Å². The van der Waals surface area contributed by atoms with E-state index in [0.717, 1.165) is 31.0 Å². The predicted molar refractivity (Wildman–Crippen MR) is 124 cm³/mol. The molecule has 0 radical (unpaired) electrons. The van der Waals surface area contributed by atoms with E-state index in [9.17, 15) is 36.0 Å². The Morgan fingerprint density at radius 1 is 1.18 bits per heavy atom. The van der Waals surface area contributed by atoms with Gasteiger partial charge in [0.05, 0.1) is 23.0 Å². The number of benzene rings is 1. The van der Waals surface area contributed by atoms with Gasteiger partial charge >= 0.3 is 24.1 Å². The van der Waals surface area contributed by atoms with Gasteiger partial charge in [-0.3, -0.25) is 14.1 Å². The zero-order chi connectivity index (χ0) is 28.3. The van der Waals surface area contributed by atoms with Crippen LogP contribution >= 0.6 is 0 Å². The number of carbonyl (C=O) groups excluding carboxylic acids is 3. The summed E-state index contributed by atoms with van der Waals surface area (Å²) >= 11 is 0. The third-order valence-electron chi connectivity index (χ3n) is 8.19. The van der Waals surface area contributed by atoms with Crippen LogP contribution in [0.1, 0.15) is 54.9 Å². The molecule has 1 heterocycles. The minimum atomic E-state index is -4.71. The second kappa shape index (κ2) is 9.65. The van der Waals surface area contributed by atoms with E-state index in [1.807, 2.05) is 0 Å². The molecule has 1 N–H and O–H groups in total. The molecule has 6 unspecified atom stereocenters. The lowest BCUT2D eigenvalue weighted by molar-refractivity contribution is -0.155. The summed E-state index contributed by atoms with van der Waals surface area (Å²) in [5, 5.41) is 0. The number of esters is 3. The van der Waals surface area contributed by atoms with Crippen LogP contribution in [-0.4, -0.2) is 61.0 Å². The SMILES string of the molecule is CC1(Oc2cc(C(=O)OC3C4CC5C3OC(=O)C5C4C(=O)OCCS(=O)(=O)O)ccc2C(F)(F)F)CCCC1. The first-order chi connectivity index (χ1) is 18.2. The highest BCUT2D eigenvalue weighted by atomic mass is 32.2. The van der Waals surface area contributed by atoms with Crippen LogP contribution in [0.2, 0.25) is 0 Å². The number of hydrogen-bond donors (Lipinski definition) is 1. The first kappa shape index (κ1) is 27.7. The average molecular weight is 577 g/mol. The van der Waals surface area contributed by atoms with Crippen LogP contribution in [0.5, 0.6) is 5.75 Å². The highest BCUT2D eigenvalue weighted by Gasteiger charge is 2.70. The summed E-state index contributed by atoms with van der Waals surface area (Å²) in [5.41, 5.74) is -2.02. The zero-order valence-electron chi connectivity index (χ0n) is 20.8. The third kappa shape index (κ3) is 5.32. The number of ether oxygens (including phenoxy) is 4. The topological polar surface area (TPSA) is 142 Å². The summed E-state index contributed by atoms with van der Waals surface area (Å²) in [6.45, 7) is 1.09. The standard InChI is InChI=1S/C25H27F3O10S/c1-24(6-2-3-7-24)38-16-10-12(4-5-15(16)25(26,27)28)21(29)36-19-13-11-14-18(23(31)37-20(14)19)17(13)22(30)35-8-9-39(32,33)34/h4-5,10,13-14,17-20H,2-3,6-9,11H2,1H3,(H,32,33,34). The third-order valence-corrected chi connectivity index (χ3v) is 8.87. The Kier molecular flexibility index (Phi) is 6.85. The second-order valence-electron chi connectivity index (χ2n) is 10.8. The fraction of sp³-hybridized carbons (Fsp3) is 0.640. The van der Waals surface area contributed by atoms with Crippen molar-refractivity contribution in [3.63, 3.8) is 0 Å². The van der Waals surface area contributed by atoms with E-state index in [2.05, 4.69) is 0 Å². The quantitative estimate of drug-likeness (QED) is 0.279. The summed E-state index contributed by atoms with van der Waals surface area (Å²) in [6.07, 6.45) is -3.52. The molecule has 1 aromatic carbocycles. The van der Waals surface area contributed by atoms with Crippen molar-refractivity contribution in [2.24, 2.45) is 23.7 Å². The van der Waals surface area contributed by atoms with E-state index >= 15 is 0 Å². The molecule has 0 spiro atoms. The summed E-state index contributed by atoms with van der Waals surface area (Å²) in [7, 11) is -4.38. The van der Waals surface area contributed by atoms with E-state index < -0.39 is 99.4 Å². The monoisotopic (exact) mass is 576 g/mol. The van der Waals surface area contributed by atoms with E-state index in [4.69, 9.17) is 23.5 Å². The molecule has 214 valence electrons. The van der Waals surface area contributed by atoms with Crippen molar-refractivity contribution in [1.82, 2.24) is 0 Å². The number of fused-ring (bicyclic) bond motifs is 1. The molecule has 1 aromatic rings. The minimum Gasteiger partial charge on any atom is -0.487 e. The summed E-state index contributed by atoms with van der Waals surface area (Å²) in [4.78, 5) is 38.4. The molecule has 1 saturated heterocycles. The summed E-state index contributed by atoms with van der Waals surface area (Å²) in [6, 6.07) is 2.73. The molecule has 3 saturated carbocycles. The normalized spacial score (nSPS) is 30.7. The van der Waals surface area contributed by atoms with Gasteiger partial charge in [0.15, 0.2) is 0 Å². The van der Waals surface area contributed by atoms with Crippen LogP contribution in [0.3, 0.4) is 0 Å². The highest BCUT2D eigenvalue weighted by Crippen LogP contribution is 2.59. The van der Waals surface area contributed by atoms with Gasteiger partial charge < -0.3 is 18.9 Å². The van der Waals surface area contributed by atoms with Crippen LogP contribution in [0.25, 0.3) is 0 Å². The average Bonchev–Trinajstić information content (AvgIpc) is 3.55. The van der Waals surface area contributed by atoms with Gasteiger partial charge in [-0.25, -0.2) is 4.79 Å². The number of hydrogen-bond acceptors (Lipinski definition) is 9. The molecule has 0 aromatic heterocycles. The maximum atomic E-state index is 13.7. The summed E-state index contributed by atoms with van der Waals surface area (Å²) < 4.78 is 93.5. The Hall–Kier alpha value is -2.87. The molecule has 4 fully saturated rings. The van der Waals surface area contributed by atoms with Crippen LogP contribution in [0.15, 0.2) is 18.2 Å². The zero-order valence-corrected chi connectivity index (χ0v) is 21.6. The van der Waals surface area contributed by atoms with Crippen molar-refractivity contribution in [3.8, 4) is 5.75 Å². The Labute approximate surface area is 221 Å². The molecule has 3 aliphatic carbocycles. The number of rotatable bonds is 8. The molecule has 14 heteroatoms. The molecule has 6 atom stereocenters. The fourth-order valence-electron chi connectivity index (χ4n) is 6.46. The van der Waals surface area contributed by atoms with Crippen LogP contribution < -0.4 is 4.74 Å². The molecule has 2 bridgehead atoms. The first-order valence-corrected chi connectivity index (χ1v) is 14.2. The molecule has 39 heavy (non-hydrogen) atoms. The fourth-order valence-corrected chi connectivity index (χ4v) is 6.76. The van der Waals surface area contributed by atoms with Gasteiger partial charge in [0.1, 0.15) is 35.9 Å². The Bertz CT molecular complexity index is 1290. The van der Waals surface area contributed by atoms with Crippen molar-refractivity contribution >= 4 is 28.0 Å². The van der Waals surface area contributed by atoms with Gasteiger partial charge in [-0.15, -0.1) is 0 Å². The maximum Gasteiger partial charge on any atom is 0.419 e. The highest BCUT2D eigenvalue weighted by molar-refractivity contribution is 7.85. The Morgan fingerprint density at radius 3 is 2.51 bits per heavy atom. The molecule has 10 nitrogen and oxygen atoms in total. The molecule has 0 amide bonds. The first-order valence-electron chi connectivity index (χ1n) is 12.6. The lowest BCUT2D eigenvalue weighted by Crippen LogP contribution is -2.44. The van der Waals surface area contributed by atoms with Crippen molar-refractivity contribution < 1.29 is 59.5 Å².